The van der Waals surface area contributed by atoms with Gasteiger partial charge in [0.1, 0.15) is 11.7 Å². The molecule has 0 amide bonds. The summed E-state index contributed by atoms with van der Waals surface area (Å²) in [6.07, 6.45) is 1.06. The number of rotatable bonds is 5. The Hall–Kier alpha value is -1.58. The third-order valence-electron chi connectivity index (χ3n) is 2.77. The van der Waals surface area contributed by atoms with Crippen molar-refractivity contribution in [1.29, 1.82) is 5.41 Å². The van der Waals surface area contributed by atoms with Crippen LogP contribution in [-0.2, 0) is 0 Å². The Labute approximate surface area is 103 Å². The molecule has 94 valence electrons. The number of nitrogens with zero attached hydrogens (tertiary/aromatic N) is 2. The second-order valence-corrected chi connectivity index (χ2v) is 4.27. The summed E-state index contributed by atoms with van der Waals surface area (Å²) >= 11 is 0. The van der Waals surface area contributed by atoms with E-state index in [1.807, 2.05) is 19.9 Å². The highest BCUT2D eigenvalue weighted by Crippen LogP contribution is 2.22. The number of nitrogens with one attached hydrogen (secondary N) is 1. The van der Waals surface area contributed by atoms with Gasteiger partial charge in [0, 0.05) is 18.8 Å². The maximum Gasteiger partial charge on any atom is 0.140 e. The van der Waals surface area contributed by atoms with E-state index < -0.39 is 0 Å². The van der Waals surface area contributed by atoms with E-state index in [1.54, 1.807) is 0 Å². The smallest absolute Gasteiger partial charge is 0.140 e. The maximum atomic E-state index is 7.70. The molecule has 0 unspecified atom stereocenters. The van der Waals surface area contributed by atoms with Crippen molar-refractivity contribution >= 4 is 11.7 Å². The fraction of sp³-hybridized carbons (Fsp3) is 0.538. The molecule has 0 aliphatic rings. The number of amidine groups is 1. The molecule has 0 bridgehead atoms. The molecule has 0 aromatic carbocycles. The van der Waals surface area contributed by atoms with Gasteiger partial charge in [-0.1, -0.05) is 6.92 Å². The van der Waals surface area contributed by atoms with E-state index >= 15 is 0 Å². The lowest BCUT2D eigenvalue weighted by atomic mass is 10.1. The minimum absolute atomic E-state index is 0.0968. The molecule has 0 saturated carbocycles. The lowest BCUT2D eigenvalue weighted by molar-refractivity contribution is 0.774. The number of nitrogen functional groups attached to an aromatic ring is 1. The fourth-order valence-electron chi connectivity index (χ4n) is 2.06. The van der Waals surface area contributed by atoms with E-state index in [1.165, 1.54) is 0 Å². The third-order valence-corrected chi connectivity index (χ3v) is 2.77. The molecule has 0 radical (unpaired) electrons. The van der Waals surface area contributed by atoms with Crippen LogP contribution < -0.4 is 10.6 Å². The molecule has 0 saturated heterocycles. The fourth-order valence-corrected chi connectivity index (χ4v) is 2.06. The van der Waals surface area contributed by atoms with Gasteiger partial charge in [0.05, 0.1) is 5.56 Å². The van der Waals surface area contributed by atoms with Crippen molar-refractivity contribution in [2.45, 2.75) is 34.1 Å². The molecule has 4 nitrogen and oxygen atoms in total. The van der Waals surface area contributed by atoms with Gasteiger partial charge < -0.3 is 10.6 Å². The zero-order chi connectivity index (χ0) is 13.0. The summed E-state index contributed by atoms with van der Waals surface area (Å²) in [6, 6.07) is 1.97. The predicted octanol–water partition coefficient (Wildman–Crippen LogP) is 2.22. The normalized spacial score (nSPS) is 10.4. The highest BCUT2D eigenvalue weighted by atomic mass is 15.2. The Morgan fingerprint density at radius 1 is 1.41 bits per heavy atom. The summed E-state index contributed by atoms with van der Waals surface area (Å²) in [5, 5.41) is 7.70. The van der Waals surface area contributed by atoms with Gasteiger partial charge in [-0.15, -0.1) is 0 Å². The van der Waals surface area contributed by atoms with E-state index in [2.05, 4.69) is 23.7 Å². The van der Waals surface area contributed by atoms with Crippen LogP contribution in [0.15, 0.2) is 6.07 Å². The Bertz CT molecular complexity index is 412. The van der Waals surface area contributed by atoms with Crippen LogP contribution >= 0.6 is 0 Å². The zero-order valence-corrected chi connectivity index (χ0v) is 11.2. The third kappa shape index (κ3) is 2.96. The van der Waals surface area contributed by atoms with Crippen LogP contribution in [0.1, 0.15) is 37.1 Å². The Morgan fingerprint density at radius 3 is 2.53 bits per heavy atom. The molecule has 3 N–H and O–H groups in total. The van der Waals surface area contributed by atoms with E-state index in [9.17, 15) is 0 Å². The van der Waals surface area contributed by atoms with Gasteiger partial charge in [-0.05, 0) is 38.8 Å². The SMILES string of the molecule is CCCN(CC)c1nc(C)cc(C)c1C(=N)N. The molecule has 4 heteroatoms. The zero-order valence-electron chi connectivity index (χ0n) is 11.2. The molecular weight excluding hydrogens is 212 g/mol. The molecule has 1 heterocycles. The maximum absolute atomic E-state index is 7.70. The molecule has 0 spiro atoms. The van der Waals surface area contributed by atoms with E-state index in [-0.39, 0.29) is 5.84 Å². The number of pyridine rings is 1. The minimum Gasteiger partial charge on any atom is -0.384 e. The minimum atomic E-state index is 0.0968. The number of anilines is 1. The van der Waals surface area contributed by atoms with Gasteiger partial charge in [0.25, 0.3) is 0 Å². The second kappa shape index (κ2) is 5.66. The van der Waals surface area contributed by atoms with Crippen molar-refractivity contribution < 1.29 is 0 Å². The summed E-state index contributed by atoms with van der Waals surface area (Å²) in [4.78, 5) is 6.73. The summed E-state index contributed by atoms with van der Waals surface area (Å²) in [7, 11) is 0. The van der Waals surface area contributed by atoms with Crippen molar-refractivity contribution in [1.82, 2.24) is 4.98 Å². The van der Waals surface area contributed by atoms with Crippen LogP contribution in [0.4, 0.5) is 5.82 Å². The van der Waals surface area contributed by atoms with E-state index in [4.69, 9.17) is 11.1 Å². The molecule has 0 aliphatic carbocycles. The molecule has 1 rings (SSSR count). The van der Waals surface area contributed by atoms with Gasteiger partial charge in [0.2, 0.25) is 0 Å². The lowest BCUT2D eigenvalue weighted by Gasteiger charge is -2.25. The molecule has 0 atom stereocenters. The molecule has 17 heavy (non-hydrogen) atoms. The van der Waals surface area contributed by atoms with Crippen LogP contribution in [-0.4, -0.2) is 23.9 Å². The van der Waals surface area contributed by atoms with Crippen LogP contribution in [0, 0.1) is 19.3 Å². The first kappa shape index (κ1) is 13.5. The number of hydrogen-bond donors (Lipinski definition) is 2. The molecule has 1 aromatic rings. The molecule has 0 fully saturated rings. The van der Waals surface area contributed by atoms with Gasteiger partial charge in [-0.3, -0.25) is 5.41 Å². The summed E-state index contributed by atoms with van der Waals surface area (Å²) in [5.41, 5.74) is 8.43. The van der Waals surface area contributed by atoms with Crippen molar-refractivity contribution in [2.75, 3.05) is 18.0 Å². The highest BCUT2D eigenvalue weighted by Gasteiger charge is 2.16. The molecule has 0 aliphatic heterocycles. The van der Waals surface area contributed by atoms with Crippen LogP contribution in [0.3, 0.4) is 0 Å². The second-order valence-electron chi connectivity index (χ2n) is 4.27. The summed E-state index contributed by atoms with van der Waals surface area (Å²) < 4.78 is 0. The first-order valence-corrected chi connectivity index (χ1v) is 6.08. The Balaban J connectivity index is 3.32. The predicted molar refractivity (Wildman–Crippen MR) is 72.9 cm³/mol. The van der Waals surface area contributed by atoms with Gasteiger partial charge in [-0.25, -0.2) is 4.98 Å². The number of hydrogen-bond acceptors (Lipinski definition) is 3. The van der Waals surface area contributed by atoms with Crippen LogP contribution in [0.2, 0.25) is 0 Å². The average Bonchev–Trinajstić information content (AvgIpc) is 2.23. The van der Waals surface area contributed by atoms with Gasteiger partial charge in [-0.2, -0.15) is 0 Å². The quantitative estimate of drug-likeness (QED) is 0.606. The Kier molecular flexibility index (Phi) is 4.49. The number of aromatic nitrogens is 1. The van der Waals surface area contributed by atoms with Crippen LogP contribution in [0.5, 0.6) is 0 Å². The standard InChI is InChI=1S/C13H22N4/c1-5-7-17(6-2)13-11(12(14)15)9(3)8-10(4)16-13/h8H,5-7H2,1-4H3,(H3,14,15). The van der Waals surface area contributed by atoms with Gasteiger partial charge in [0.15, 0.2) is 0 Å². The number of aryl methyl sites for hydroxylation is 2. The van der Waals surface area contributed by atoms with Crippen molar-refractivity contribution in [2.24, 2.45) is 5.73 Å². The first-order valence-electron chi connectivity index (χ1n) is 6.08. The van der Waals surface area contributed by atoms with Crippen molar-refractivity contribution in [3.8, 4) is 0 Å². The van der Waals surface area contributed by atoms with Crippen molar-refractivity contribution in [3.05, 3.63) is 22.9 Å². The molecule has 1 aromatic heterocycles. The highest BCUT2D eigenvalue weighted by molar-refractivity contribution is 6.01. The first-order chi connectivity index (χ1) is 8.01. The monoisotopic (exact) mass is 234 g/mol. The van der Waals surface area contributed by atoms with E-state index in [0.29, 0.717) is 0 Å². The van der Waals surface area contributed by atoms with Crippen molar-refractivity contribution in [3.63, 3.8) is 0 Å². The molecular formula is C13H22N4. The van der Waals surface area contributed by atoms with Crippen LogP contribution in [0.25, 0.3) is 0 Å². The Morgan fingerprint density at radius 2 is 2.06 bits per heavy atom. The topological polar surface area (TPSA) is 66.0 Å². The average molecular weight is 234 g/mol. The van der Waals surface area contributed by atoms with E-state index in [0.717, 1.165) is 42.1 Å². The largest absolute Gasteiger partial charge is 0.384 e. The lowest BCUT2D eigenvalue weighted by Crippen LogP contribution is -2.29. The summed E-state index contributed by atoms with van der Waals surface area (Å²) in [5.74, 6) is 0.943. The van der Waals surface area contributed by atoms with Gasteiger partial charge >= 0.3 is 0 Å². The number of nitrogens with two attached hydrogens (primary N) is 1. The summed E-state index contributed by atoms with van der Waals surface area (Å²) in [6.45, 7) is 10.0.